The van der Waals surface area contributed by atoms with E-state index in [1.807, 2.05) is 18.2 Å². The van der Waals surface area contributed by atoms with E-state index in [-0.39, 0.29) is 12.1 Å². The molecule has 36 heavy (non-hydrogen) atoms. The van der Waals surface area contributed by atoms with Gasteiger partial charge in [0.1, 0.15) is 5.82 Å². The molecule has 2 amide bonds. The van der Waals surface area contributed by atoms with Gasteiger partial charge in [-0.2, -0.15) is 0 Å². The number of alkyl carbamates (subject to hydrolysis) is 1. The molecule has 3 aliphatic rings. The number of nitrogens with zero attached hydrogens (tertiary/aromatic N) is 4. The summed E-state index contributed by atoms with van der Waals surface area (Å²) in [5.74, 6) is 1.05. The highest BCUT2D eigenvalue weighted by molar-refractivity contribution is 5.68. The van der Waals surface area contributed by atoms with Crippen molar-refractivity contribution in [1.82, 2.24) is 24.7 Å². The van der Waals surface area contributed by atoms with E-state index < -0.39 is 6.09 Å². The molecule has 0 saturated carbocycles. The number of aryl methyl sites for hydroxylation is 1. The zero-order valence-electron chi connectivity index (χ0n) is 21.5. The van der Waals surface area contributed by atoms with Crippen LogP contribution in [0.1, 0.15) is 67.0 Å². The third-order valence-corrected chi connectivity index (χ3v) is 8.24. The number of benzene rings is 1. The fourth-order valence-electron chi connectivity index (χ4n) is 6.62. The highest BCUT2D eigenvalue weighted by Crippen LogP contribution is 2.43. The number of ether oxygens (including phenoxy) is 2. The van der Waals surface area contributed by atoms with Crippen molar-refractivity contribution in [3.05, 3.63) is 53.1 Å². The molecule has 4 atom stereocenters. The summed E-state index contributed by atoms with van der Waals surface area (Å²) in [5.41, 5.74) is 3.40. The van der Waals surface area contributed by atoms with Crippen LogP contribution in [0.3, 0.4) is 0 Å². The summed E-state index contributed by atoms with van der Waals surface area (Å²) >= 11 is 0. The van der Waals surface area contributed by atoms with Crippen LogP contribution in [0.25, 0.3) is 0 Å². The molecular formula is C27H37N5O4. The Labute approximate surface area is 212 Å². The van der Waals surface area contributed by atoms with Gasteiger partial charge in [0.05, 0.1) is 32.5 Å². The minimum absolute atomic E-state index is 0.0727. The molecule has 2 aromatic rings. The number of aromatic nitrogens is 2. The van der Waals surface area contributed by atoms with Gasteiger partial charge in [0.25, 0.3) is 0 Å². The number of imidazole rings is 1. The first-order valence-corrected chi connectivity index (χ1v) is 13.0. The van der Waals surface area contributed by atoms with Crippen molar-refractivity contribution in [3.63, 3.8) is 0 Å². The van der Waals surface area contributed by atoms with Crippen molar-refractivity contribution in [2.75, 3.05) is 27.3 Å². The van der Waals surface area contributed by atoms with E-state index in [0.717, 1.165) is 49.3 Å². The van der Waals surface area contributed by atoms with E-state index in [1.165, 1.54) is 32.8 Å². The third-order valence-electron chi connectivity index (χ3n) is 8.24. The van der Waals surface area contributed by atoms with Crippen molar-refractivity contribution in [2.45, 2.75) is 76.2 Å². The highest BCUT2D eigenvalue weighted by atomic mass is 16.5. The van der Waals surface area contributed by atoms with E-state index in [0.29, 0.717) is 31.2 Å². The van der Waals surface area contributed by atoms with Crippen molar-refractivity contribution < 1.29 is 19.1 Å². The molecule has 9 heteroatoms. The largest absolute Gasteiger partial charge is 0.453 e. The second kappa shape index (κ2) is 10.5. The van der Waals surface area contributed by atoms with Crippen LogP contribution in [0.15, 0.2) is 30.3 Å². The minimum Gasteiger partial charge on any atom is -0.453 e. The van der Waals surface area contributed by atoms with Gasteiger partial charge in [0.15, 0.2) is 0 Å². The third kappa shape index (κ3) is 4.81. The first kappa shape index (κ1) is 24.6. The normalized spacial score (nSPS) is 24.2. The summed E-state index contributed by atoms with van der Waals surface area (Å²) in [4.78, 5) is 33.3. The fraction of sp³-hybridized carbons (Fsp3) is 0.593. The van der Waals surface area contributed by atoms with Gasteiger partial charge in [-0.25, -0.2) is 14.6 Å². The van der Waals surface area contributed by atoms with Gasteiger partial charge < -0.3 is 24.3 Å². The molecule has 2 saturated heterocycles. The van der Waals surface area contributed by atoms with Gasteiger partial charge in [0.2, 0.25) is 0 Å². The number of amides is 2. The lowest BCUT2D eigenvalue weighted by Gasteiger charge is -2.41. The lowest BCUT2D eigenvalue weighted by Crippen LogP contribution is -2.45. The SMILES string of the molecule is COC(=O)N[C@@H](CCN1[C@@H]2CC[C@H]1C[C@@H](n1c(C)nc3c1CCN(C(=O)OC)C3)C2)c1ccccc1. The fourth-order valence-corrected chi connectivity index (χ4v) is 6.62. The van der Waals surface area contributed by atoms with E-state index in [4.69, 9.17) is 14.5 Å². The van der Waals surface area contributed by atoms with Crippen LogP contribution in [-0.4, -0.2) is 70.9 Å². The molecule has 2 bridgehead atoms. The van der Waals surface area contributed by atoms with Crippen LogP contribution in [-0.2, 0) is 22.4 Å². The van der Waals surface area contributed by atoms with Crippen molar-refractivity contribution >= 4 is 12.2 Å². The maximum atomic E-state index is 12.0. The van der Waals surface area contributed by atoms with E-state index in [2.05, 4.69) is 33.8 Å². The predicted octanol–water partition coefficient (Wildman–Crippen LogP) is 3.97. The Morgan fingerprint density at radius 2 is 1.81 bits per heavy atom. The molecule has 1 N–H and O–H groups in total. The lowest BCUT2D eigenvalue weighted by atomic mass is 9.95. The molecule has 0 unspecified atom stereocenters. The lowest BCUT2D eigenvalue weighted by molar-refractivity contribution is 0.0981. The topological polar surface area (TPSA) is 88.9 Å². The maximum Gasteiger partial charge on any atom is 0.409 e. The second-order valence-corrected chi connectivity index (χ2v) is 10.2. The van der Waals surface area contributed by atoms with Gasteiger partial charge in [-0.05, 0) is 44.6 Å². The predicted molar refractivity (Wildman–Crippen MR) is 135 cm³/mol. The molecule has 1 aromatic heterocycles. The molecule has 5 rings (SSSR count). The summed E-state index contributed by atoms with van der Waals surface area (Å²) in [7, 11) is 2.84. The van der Waals surface area contributed by atoms with Crippen LogP contribution in [0, 0.1) is 6.92 Å². The van der Waals surface area contributed by atoms with E-state index in [9.17, 15) is 9.59 Å². The molecule has 9 nitrogen and oxygen atoms in total. The average molecular weight is 496 g/mol. The first-order chi connectivity index (χ1) is 17.5. The van der Waals surface area contributed by atoms with Crippen molar-refractivity contribution in [2.24, 2.45) is 0 Å². The zero-order valence-corrected chi connectivity index (χ0v) is 21.5. The molecule has 2 fully saturated rings. The molecule has 194 valence electrons. The number of fused-ring (bicyclic) bond motifs is 3. The van der Waals surface area contributed by atoms with Crippen molar-refractivity contribution in [3.8, 4) is 0 Å². The number of hydrogen-bond donors (Lipinski definition) is 1. The van der Waals surface area contributed by atoms with Crippen LogP contribution in [0.5, 0.6) is 0 Å². The highest BCUT2D eigenvalue weighted by Gasteiger charge is 2.42. The van der Waals surface area contributed by atoms with Crippen LogP contribution >= 0.6 is 0 Å². The second-order valence-electron chi connectivity index (χ2n) is 10.2. The van der Waals surface area contributed by atoms with Crippen molar-refractivity contribution in [1.29, 1.82) is 0 Å². The Bertz CT molecular complexity index is 1070. The Hall–Kier alpha value is -3.07. The number of rotatable bonds is 6. The van der Waals surface area contributed by atoms with Gasteiger partial charge in [-0.15, -0.1) is 0 Å². The van der Waals surface area contributed by atoms with Gasteiger partial charge in [-0.1, -0.05) is 30.3 Å². The minimum atomic E-state index is -0.392. The zero-order chi connectivity index (χ0) is 25.2. The van der Waals surface area contributed by atoms with Crippen LogP contribution < -0.4 is 5.32 Å². The first-order valence-electron chi connectivity index (χ1n) is 13.0. The van der Waals surface area contributed by atoms with E-state index >= 15 is 0 Å². The van der Waals surface area contributed by atoms with Gasteiger partial charge in [-0.3, -0.25) is 4.90 Å². The molecule has 1 aromatic carbocycles. The Morgan fingerprint density at radius 3 is 2.47 bits per heavy atom. The molecule has 0 spiro atoms. The molecular weight excluding hydrogens is 458 g/mol. The summed E-state index contributed by atoms with van der Waals surface area (Å²) in [6.45, 7) is 4.24. The monoisotopic (exact) mass is 495 g/mol. The standard InChI is InChI=1S/C27H37N5O4/c1-18-28-24-17-30(27(34)36-3)13-12-25(24)32(18)22-15-20-9-10-21(16-22)31(20)14-11-23(29-26(33)35-2)19-7-5-4-6-8-19/h4-8,20-23H,9-17H2,1-3H3,(H,29,33)/t20-,21+,22+,23-/m0/s1. The van der Waals surface area contributed by atoms with Crippen LogP contribution in [0.2, 0.25) is 0 Å². The molecule has 3 aliphatic heterocycles. The number of hydrogen-bond acceptors (Lipinski definition) is 6. The number of piperidine rings is 1. The smallest absolute Gasteiger partial charge is 0.409 e. The van der Waals surface area contributed by atoms with E-state index in [1.54, 1.807) is 4.90 Å². The summed E-state index contributed by atoms with van der Waals surface area (Å²) < 4.78 is 12.3. The number of carbonyl (C=O) groups is 2. The Balaban J connectivity index is 1.26. The number of carbonyl (C=O) groups excluding carboxylic acids is 2. The van der Waals surface area contributed by atoms with Gasteiger partial charge >= 0.3 is 12.2 Å². The summed E-state index contributed by atoms with van der Waals surface area (Å²) in [6, 6.07) is 11.6. The molecule has 0 aliphatic carbocycles. The average Bonchev–Trinajstić information content (AvgIpc) is 3.35. The maximum absolute atomic E-state index is 12.0. The van der Waals surface area contributed by atoms with Crippen LogP contribution in [0.4, 0.5) is 9.59 Å². The van der Waals surface area contributed by atoms with Gasteiger partial charge in [0, 0.05) is 43.3 Å². The Morgan fingerprint density at radius 1 is 1.08 bits per heavy atom. The number of nitrogens with one attached hydrogen (secondary N) is 1. The summed E-state index contributed by atoms with van der Waals surface area (Å²) in [5, 5.41) is 3.02. The number of methoxy groups -OCH3 is 2. The molecule has 0 radical (unpaired) electrons. The quantitative estimate of drug-likeness (QED) is 0.652. The summed E-state index contributed by atoms with van der Waals surface area (Å²) in [6.07, 6.45) is 5.65. The molecule has 4 heterocycles. The Kier molecular flexibility index (Phi) is 7.18.